The van der Waals surface area contributed by atoms with Crippen LogP contribution in [-0.2, 0) is 11.2 Å². The minimum Gasteiger partial charge on any atom is -0.273 e. The molecular weight excluding hydrogens is 318 g/mol. The van der Waals surface area contributed by atoms with Gasteiger partial charge in [-0.05, 0) is 35.6 Å². The standard InChI is InChI=1S/C19H17N3OS/c23-19-8-3-11-22(19)21-17(18-7-4-12-24-18)13-14-9-10-20-16-6-2-1-5-15(14)16/h1-2,4-7,9-10,12H,3,8,11,13H2. The molecule has 1 amide bonds. The van der Waals surface area contributed by atoms with Crippen LogP contribution in [0.25, 0.3) is 10.9 Å². The van der Waals surface area contributed by atoms with E-state index in [0.29, 0.717) is 19.4 Å². The van der Waals surface area contributed by atoms with Crippen LogP contribution < -0.4 is 0 Å². The predicted molar refractivity (Wildman–Crippen MR) is 97.3 cm³/mol. The first-order chi connectivity index (χ1) is 11.8. The molecule has 120 valence electrons. The van der Waals surface area contributed by atoms with Gasteiger partial charge < -0.3 is 0 Å². The van der Waals surface area contributed by atoms with Gasteiger partial charge in [0.1, 0.15) is 0 Å². The lowest BCUT2D eigenvalue weighted by Crippen LogP contribution is -2.21. The van der Waals surface area contributed by atoms with Gasteiger partial charge >= 0.3 is 0 Å². The molecule has 2 aromatic heterocycles. The van der Waals surface area contributed by atoms with Gasteiger partial charge in [0.2, 0.25) is 5.91 Å². The number of thiophene rings is 1. The van der Waals surface area contributed by atoms with E-state index in [1.165, 1.54) is 5.56 Å². The first-order valence-electron chi connectivity index (χ1n) is 8.05. The second-order valence-electron chi connectivity index (χ2n) is 5.81. The Morgan fingerprint density at radius 1 is 1.21 bits per heavy atom. The van der Waals surface area contributed by atoms with E-state index in [1.807, 2.05) is 41.9 Å². The summed E-state index contributed by atoms with van der Waals surface area (Å²) in [6.07, 6.45) is 4.01. The lowest BCUT2D eigenvalue weighted by molar-refractivity contribution is -0.127. The van der Waals surface area contributed by atoms with Crippen LogP contribution in [0.5, 0.6) is 0 Å². The summed E-state index contributed by atoms with van der Waals surface area (Å²) >= 11 is 1.66. The molecule has 0 atom stereocenters. The molecule has 0 spiro atoms. The van der Waals surface area contributed by atoms with E-state index in [4.69, 9.17) is 5.10 Å². The van der Waals surface area contributed by atoms with Crippen molar-refractivity contribution in [2.24, 2.45) is 5.10 Å². The number of pyridine rings is 1. The highest BCUT2D eigenvalue weighted by Crippen LogP contribution is 2.21. The molecule has 4 rings (SSSR count). The Hall–Kier alpha value is -2.53. The average molecular weight is 335 g/mol. The Balaban J connectivity index is 1.74. The van der Waals surface area contributed by atoms with Gasteiger partial charge in [0.05, 0.1) is 16.1 Å². The highest BCUT2D eigenvalue weighted by molar-refractivity contribution is 7.12. The molecule has 3 aromatic rings. The Kier molecular flexibility index (Phi) is 4.09. The first kappa shape index (κ1) is 15.0. The van der Waals surface area contributed by atoms with Crippen LogP contribution in [0.4, 0.5) is 0 Å². The van der Waals surface area contributed by atoms with Gasteiger partial charge in [-0.1, -0.05) is 24.3 Å². The van der Waals surface area contributed by atoms with Gasteiger partial charge in [-0.3, -0.25) is 9.78 Å². The fourth-order valence-electron chi connectivity index (χ4n) is 2.99. The van der Waals surface area contributed by atoms with E-state index in [9.17, 15) is 4.79 Å². The highest BCUT2D eigenvalue weighted by Gasteiger charge is 2.21. The van der Waals surface area contributed by atoms with E-state index >= 15 is 0 Å². The fourth-order valence-corrected chi connectivity index (χ4v) is 3.70. The molecule has 0 aliphatic carbocycles. The number of hydrogen-bond acceptors (Lipinski definition) is 4. The minimum absolute atomic E-state index is 0.114. The van der Waals surface area contributed by atoms with Gasteiger partial charge in [-0.25, -0.2) is 5.01 Å². The fraction of sp³-hybridized carbons (Fsp3) is 0.211. The van der Waals surface area contributed by atoms with Crippen molar-refractivity contribution < 1.29 is 4.79 Å². The molecule has 5 heteroatoms. The predicted octanol–water partition coefficient (Wildman–Crippen LogP) is 3.87. The van der Waals surface area contributed by atoms with Crippen LogP contribution >= 0.6 is 11.3 Å². The number of para-hydroxylation sites is 1. The Bertz CT molecular complexity index is 897. The van der Waals surface area contributed by atoms with Crippen LogP contribution in [0.3, 0.4) is 0 Å². The molecule has 1 fully saturated rings. The Morgan fingerprint density at radius 2 is 2.12 bits per heavy atom. The number of benzene rings is 1. The third-order valence-corrected chi connectivity index (χ3v) is 5.11. The molecule has 0 unspecified atom stereocenters. The van der Waals surface area contributed by atoms with Crippen molar-refractivity contribution in [3.05, 3.63) is 64.5 Å². The summed E-state index contributed by atoms with van der Waals surface area (Å²) in [6.45, 7) is 0.713. The molecule has 0 N–H and O–H groups in total. The zero-order valence-electron chi connectivity index (χ0n) is 13.2. The highest BCUT2D eigenvalue weighted by atomic mass is 32.1. The van der Waals surface area contributed by atoms with Crippen molar-refractivity contribution in [2.45, 2.75) is 19.3 Å². The molecule has 0 saturated carbocycles. The number of hydrazone groups is 1. The normalized spacial score (nSPS) is 15.4. The molecule has 0 bridgehead atoms. The molecule has 1 aromatic carbocycles. The second kappa shape index (κ2) is 6.53. The largest absolute Gasteiger partial charge is 0.273 e. The maximum Gasteiger partial charge on any atom is 0.242 e. The minimum atomic E-state index is 0.114. The third kappa shape index (κ3) is 2.95. The summed E-state index contributed by atoms with van der Waals surface area (Å²) in [7, 11) is 0. The number of fused-ring (bicyclic) bond motifs is 1. The average Bonchev–Trinajstić information content (AvgIpc) is 3.27. The molecule has 0 radical (unpaired) electrons. The van der Waals surface area contributed by atoms with Crippen molar-refractivity contribution in [1.29, 1.82) is 0 Å². The third-order valence-electron chi connectivity index (χ3n) is 4.19. The van der Waals surface area contributed by atoms with Crippen molar-refractivity contribution in [1.82, 2.24) is 9.99 Å². The summed E-state index contributed by atoms with van der Waals surface area (Å²) in [4.78, 5) is 17.5. The number of carbonyl (C=O) groups excluding carboxylic acids is 1. The Morgan fingerprint density at radius 3 is 2.92 bits per heavy atom. The lowest BCUT2D eigenvalue weighted by atomic mass is 10.0. The molecular formula is C19H17N3OS. The van der Waals surface area contributed by atoms with E-state index in [1.54, 1.807) is 16.3 Å². The zero-order chi connectivity index (χ0) is 16.4. The number of rotatable bonds is 4. The summed E-state index contributed by atoms with van der Waals surface area (Å²) in [5.74, 6) is 0.114. The van der Waals surface area contributed by atoms with Crippen LogP contribution in [0, 0.1) is 0 Å². The quantitative estimate of drug-likeness (QED) is 0.680. The van der Waals surface area contributed by atoms with Crippen molar-refractivity contribution in [3.63, 3.8) is 0 Å². The van der Waals surface area contributed by atoms with Crippen molar-refractivity contribution in [3.8, 4) is 0 Å². The van der Waals surface area contributed by atoms with Crippen molar-refractivity contribution >= 4 is 33.9 Å². The molecule has 1 aliphatic heterocycles. The lowest BCUT2D eigenvalue weighted by Gasteiger charge is -2.13. The first-order valence-corrected chi connectivity index (χ1v) is 8.93. The SMILES string of the molecule is O=C1CCCN1N=C(Cc1ccnc2ccccc12)c1cccs1. The summed E-state index contributed by atoms with van der Waals surface area (Å²) in [5, 5.41) is 9.49. The van der Waals surface area contributed by atoms with Crippen LogP contribution in [0.15, 0.2) is 59.1 Å². The number of amides is 1. The number of carbonyl (C=O) groups is 1. The molecule has 1 saturated heterocycles. The Labute approximate surface area is 144 Å². The van der Waals surface area contributed by atoms with Gasteiger partial charge in [0.25, 0.3) is 0 Å². The summed E-state index contributed by atoms with van der Waals surface area (Å²) in [6, 6.07) is 14.3. The van der Waals surface area contributed by atoms with Crippen LogP contribution in [0.2, 0.25) is 0 Å². The molecule has 24 heavy (non-hydrogen) atoms. The van der Waals surface area contributed by atoms with Crippen molar-refractivity contribution in [2.75, 3.05) is 6.54 Å². The molecule has 1 aliphatic rings. The molecule has 3 heterocycles. The van der Waals surface area contributed by atoms with Crippen LogP contribution in [-0.4, -0.2) is 28.2 Å². The summed E-state index contributed by atoms with van der Waals surface area (Å²) in [5.41, 5.74) is 3.11. The van der Waals surface area contributed by atoms with Gasteiger partial charge in [-0.2, -0.15) is 5.10 Å². The van der Waals surface area contributed by atoms with Gasteiger partial charge in [-0.15, -0.1) is 11.3 Å². The van der Waals surface area contributed by atoms with Gasteiger partial charge in [0.15, 0.2) is 0 Å². The summed E-state index contributed by atoms with van der Waals surface area (Å²) < 4.78 is 0. The molecule has 4 nitrogen and oxygen atoms in total. The number of nitrogens with zero attached hydrogens (tertiary/aromatic N) is 3. The maximum absolute atomic E-state index is 12.0. The van der Waals surface area contributed by atoms with E-state index in [-0.39, 0.29) is 5.91 Å². The number of hydrogen-bond donors (Lipinski definition) is 0. The maximum atomic E-state index is 12.0. The smallest absolute Gasteiger partial charge is 0.242 e. The van der Waals surface area contributed by atoms with E-state index in [0.717, 1.165) is 27.9 Å². The topological polar surface area (TPSA) is 45.6 Å². The van der Waals surface area contributed by atoms with E-state index in [2.05, 4.69) is 17.1 Å². The van der Waals surface area contributed by atoms with E-state index < -0.39 is 0 Å². The monoisotopic (exact) mass is 335 g/mol. The zero-order valence-corrected chi connectivity index (χ0v) is 14.0. The number of aromatic nitrogens is 1. The van der Waals surface area contributed by atoms with Crippen LogP contribution in [0.1, 0.15) is 23.3 Å². The van der Waals surface area contributed by atoms with Gasteiger partial charge in [0, 0.05) is 31.0 Å². The second-order valence-corrected chi connectivity index (χ2v) is 6.76.